The van der Waals surface area contributed by atoms with Gasteiger partial charge in [-0.15, -0.1) is 0 Å². The Morgan fingerprint density at radius 2 is 1.93 bits per heavy atom. The van der Waals surface area contributed by atoms with Crippen LogP contribution >= 0.6 is 0 Å². The molecule has 0 bridgehead atoms. The van der Waals surface area contributed by atoms with Crippen LogP contribution in [0.25, 0.3) is 23.2 Å². The molecule has 4 heterocycles. The fraction of sp³-hybridized carbons (Fsp3) is 0.429. The number of hydrogen-bond acceptors (Lipinski definition) is 8. The van der Waals surface area contributed by atoms with Crippen molar-refractivity contribution in [3.8, 4) is 17.0 Å². The summed E-state index contributed by atoms with van der Waals surface area (Å²) in [6.07, 6.45) is 4.52. The van der Waals surface area contributed by atoms with Gasteiger partial charge in [0.05, 0.1) is 54.5 Å². The van der Waals surface area contributed by atoms with Crippen molar-refractivity contribution in [3.05, 3.63) is 59.8 Å². The Morgan fingerprint density at radius 1 is 1.10 bits per heavy atom. The summed E-state index contributed by atoms with van der Waals surface area (Å²) in [6.45, 7) is 2.20. The van der Waals surface area contributed by atoms with Crippen LogP contribution in [0.3, 0.4) is 0 Å². The van der Waals surface area contributed by atoms with E-state index in [-0.39, 0.29) is 48.5 Å². The first kappa shape index (κ1) is 26.6. The van der Waals surface area contributed by atoms with Gasteiger partial charge in [-0.2, -0.15) is 23.4 Å². The number of nitrogens with zero attached hydrogens (tertiary/aromatic N) is 5. The third-order valence-electron chi connectivity index (χ3n) is 7.39. The molecule has 3 fully saturated rings. The van der Waals surface area contributed by atoms with E-state index >= 15 is 4.39 Å². The van der Waals surface area contributed by atoms with Gasteiger partial charge in [-0.1, -0.05) is 0 Å². The number of piperidine rings is 1. The smallest absolute Gasteiger partial charge is 0.421 e. The van der Waals surface area contributed by atoms with E-state index in [4.69, 9.17) is 9.47 Å². The van der Waals surface area contributed by atoms with Gasteiger partial charge in [0.15, 0.2) is 5.83 Å². The summed E-state index contributed by atoms with van der Waals surface area (Å²) in [7, 11) is 0. The molecular formula is C28H28F4N6O2. The number of rotatable bonds is 6. The number of hydrogen-bond donors (Lipinski definition) is 1. The average molecular weight is 557 g/mol. The van der Waals surface area contributed by atoms with Gasteiger partial charge < -0.3 is 19.7 Å². The van der Waals surface area contributed by atoms with Crippen molar-refractivity contribution < 1.29 is 27.0 Å². The molecule has 0 unspecified atom stereocenters. The highest BCUT2D eigenvalue weighted by atomic mass is 19.4. The van der Waals surface area contributed by atoms with Gasteiger partial charge in [0.2, 0.25) is 0 Å². The molecule has 210 valence electrons. The molecule has 1 aliphatic carbocycles. The molecule has 2 aliphatic heterocycles. The lowest BCUT2D eigenvalue weighted by Crippen LogP contribution is -2.56. The van der Waals surface area contributed by atoms with Crippen molar-refractivity contribution in [2.75, 3.05) is 37.7 Å². The Bertz CT molecular complexity index is 1390. The Morgan fingerprint density at radius 3 is 2.65 bits per heavy atom. The first-order chi connectivity index (χ1) is 19.3. The first-order valence-electron chi connectivity index (χ1n) is 13.3. The topological polar surface area (TPSA) is 85.3 Å². The van der Waals surface area contributed by atoms with Crippen LogP contribution in [-0.2, 0) is 10.9 Å². The summed E-state index contributed by atoms with van der Waals surface area (Å²) < 4.78 is 71.8. The number of ether oxygens (including phenoxy) is 2. The van der Waals surface area contributed by atoms with Crippen LogP contribution in [0.15, 0.2) is 43.0 Å². The largest absolute Gasteiger partial charge is 0.490 e. The number of benzene rings is 1. The molecule has 1 aromatic carbocycles. The fourth-order valence-corrected chi connectivity index (χ4v) is 5.28. The SMILES string of the molecule is F/C(=C\c1ccc(OC2CC2)c(C(F)(F)F)c1N1CCOC2(CCNCC2)C1)c1cncc(-c2ccnnc2)n1. The molecule has 3 aliphatic rings. The average Bonchev–Trinajstić information content (AvgIpc) is 3.78. The predicted molar refractivity (Wildman–Crippen MR) is 140 cm³/mol. The van der Waals surface area contributed by atoms with Gasteiger partial charge >= 0.3 is 6.18 Å². The van der Waals surface area contributed by atoms with Gasteiger partial charge in [0.25, 0.3) is 0 Å². The maximum atomic E-state index is 15.7. The second-order valence-electron chi connectivity index (χ2n) is 10.3. The van der Waals surface area contributed by atoms with Crippen LogP contribution in [0.4, 0.5) is 23.2 Å². The van der Waals surface area contributed by atoms with Crippen molar-refractivity contribution in [1.82, 2.24) is 25.5 Å². The molecule has 2 aromatic heterocycles. The Kier molecular flexibility index (Phi) is 7.13. The second-order valence-corrected chi connectivity index (χ2v) is 10.3. The Labute approximate surface area is 228 Å². The second kappa shape index (κ2) is 10.7. The maximum absolute atomic E-state index is 15.7. The molecule has 0 amide bonds. The Balaban J connectivity index is 1.44. The quantitative estimate of drug-likeness (QED) is 0.429. The summed E-state index contributed by atoms with van der Waals surface area (Å²) in [6, 6.07) is 4.43. The molecule has 0 atom stereocenters. The van der Waals surface area contributed by atoms with E-state index in [1.807, 2.05) is 0 Å². The number of morpholine rings is 1. The highest BCUT2D eigenvalue weighted by Gasteiger charge is 2.44. The molecule has 1 saturated carbocycles. The van der Waals surface area contributed by atoms with Crippen molar-refractivity contribution in [2.24, 2.45) is 0 Å². The van der Waals surface area contributed by atoms with Crippen molar-refractivity contribution in [2.45, 2.75) is 43.6 Å². The molecule has 3 aromatic rings. The molecule has 0 radical (unpaired) electrons. The number of anilines is 1. The highest BCUT2D eigenvalue weighted by molar-refractivity contribution is 5.84. The first-order valence-corrected chi connectivity index (χ1v) is 13.3. The maximum Gasteiger partial charge on any atom is 0.421 e. The van der Waals surface area contributed by atoms with Crippen LogP contribution < -0.4 is 15.0 Å². The number of halogens is 4. The van der Waals surface area contributed by atoms with E-state index in [1.54, 1.807) is 11.0 Å². The zero-order chi connectivity index (χ0) is 27.7. The minimum Gasteiger partial charge on any atom is -0.490 e. The highest BCUT2D eigenvalue weighted by Crippen LogP contribution is 2.48. The summed E-state index contributed by atoms with van der Waals surface area (Å²) in [5, 5.41) is 10.8. The van der Waals surface area contributed by atoms with Crippen LogP contribution in [0, 0.1) is 0 Å². The fourth-order valence-electron chi connectivity index (χ4n) is 5.28. The van der Waals surface area contributed by atoms with E-state index in [2.05, 4.69) is 25.5 Å². The lowest BCUT2D eigenvalue weighted by atomic mass is 9.89. The molecular weight excluding hydrogens is 528 g/mol. The van der Waals surface area contributed by atoms with Gasteiger partial charge in [0.1, 0.15) is 17.0 Å². The van der Waals surface area contributed by atoms with E-state index < -0.39 is 23.2 Å². The lowest BCUT2D eigenvalue weighted by molar-refractivity contribution is -0.138. The zero-order valence-electron chi connectivity index (χ0n) is 21.6. The van der Waals surface area contributed by atoms with E-state index in [1.165, 1.54) is 36.9 Å². The summed E-state index contributed by atoms with van der Waals surface area (Å²) in [5.74, 6) is -1.05. The van der Waals surface area contributed by atoms with Crippen LogP contribution in [-0.4, -0.2) is 64.7 Å². The molecule has 8 nitrogen and oxygen atoms in total. The lowest BCUT2D eigenvalue weighted by Gasteiger charge is -2.46. The van der Waals surface area contributed by atoms with Crippen molar-refractivity contribution in [3.63, 3.8) is 0 Å². The molecule has 6 rings (SSSR count). The van der Waals surface area contributed by atoms with E-state index in [0.29, 0.717) is 50.0 Å². The number of alkyl halides is 3. The molecule has 2 saturated heterocycles. The normalized spacial score (nSPS) is 19.6. The Hall–Kier alpha value is -3.64. The molecule has 1 spiro atoms. The van der Waals surface area contributed by atoms with Gasteiger partial charge in [-0.3, -0.25) is 4.98 Å². The van der Waals surface area contributed by atoms with Gasteiger partial charge in [-0.05, 0) is 63.0 Å². The third kappa shape index (κ3) is 5.64. The van der Waals surface area contributed by atoms with Crippen LogP contribution in [0.1, 0.15) is 42.5 Å². The molecule has 1 N–H and O–H groups in total. The zero-order valence-corrected chi connectivity index (χ0v) is 21.6. The van der Waals surface area contributed by atoms with E-state index in [9.17, 15) is 13.2 Å². The molecule has 40 heavy (non-hydrogen) atoms. The van der Waals surface area contributed by atoms with Gasteiger partial charge in [0, 0.05) is 24.2 Å². The minimum atomic E-state index is -4.73. The van der Waals surface area contributed by atoms with Crippen molar-refractivity contribution >= 4 is 17.6 Å². The molecule has 12 heteroatoms. The minimum absolute atomic E-state index is 0.0803. The van der Waals surface area contributed by atoms with Crippen molar-refractivity contribution in [1.29, 1.82) is 0 Å². The summed E-state index contributed by atoms with van der Waals surface area (Å²) in [5.41, 5.74) is -0.655. The van der Waals surface area contributed by atoms with Crippen LogP contribution in [0.5, 0.6) is 5.75 Å². The summed E-state index contributed by atoms with van der Waals surface area (Å²) >= 11 is 0. The number of aromatic nitrogens is 4. The van der Waals surface area contributed by atoms with E-state index in [0.717, 1.165) is 6.08 Å². The predicted octanol–water partition coefficient (Wildman–Crippen LogP) is 4.92. The third-order valence-corrected chi connectivity index (χ3v) is 7.39. The standard InChI is InChI=1S/C28H28F4N6O2/c29-21(23-16-34-15-22(37-23)19-5-8-35-36-14-19)13-18-1-4-24(40-20-2-3-20)25(28(30,31)32)26(18)38-11-12-39-27(17-38)6-9-33-10-7-27/h1,4-5,8,13-16,20,33H,2-3,6-7,9-12,17H2/b21-13-. The summed E-state index contributed by atoms with van der Waals surface area (Å²) in [4.78, 5) is 10.1. The monoisotopic (exact) mass is 556 g/mol. The van der Waals surface area contributed by atoms with Gasteiger partial charge in [-0.25, -0.2) is 9.37 Å². The van der Waals surface area contributed by atoms with Crippen LogP contribution in [0.2, 0.25) is 0 Å². The number of nitrogens with one attached hydrogen (secondary N) is 1.